The van der Waals surface area contributed by atoms with Gasteiger partial charge in [0.25, 0.3) is 0 Å². The number of rotatable bonds is 3. The number of amides is 1. The van der Waals surface area contributed by atoms with Gasteiger partial charge in [0.2, 0.25) is 5.91 Å². The summed E-state index contributed by atoms with van der Waals surface area (Å²) in [4.78, 5) is 17.4. The second kappa shape index (κ2) is 6.34. The van der Waals surface area contributed by atoms with Crippen LogP contribution in [0.2, 0.25) is 0 Å². The number of ether oxygens (including phenoxy) is 1. The third kappa shape index (κ3) is 3.41. The van der Waals surface area contributed by atoms with E-state index in [1.165, 1.54) is 5.69 Å². The number of aromatic amines is 1. The average molecular weight is 361 g/mol. The topological polar surface area (TPSA) is 61.5 Å². The van der Waals surface area contributed by atoms with Gasteiger partial charge in [-0.05, 0) is 31.7 Å². The van der Waals surface area contributed by atoms with E-state index in [0.717, 1.165) is 38.4 Å². The summed E-state index contributed by atoms with van der Waals surface area (Å²) in [5.74, 6) is 1.69. The van der Waals surface area contributed by atoms with Crippen molar-refractivity contribution in [1.29, 1.82) is 0 Å². The molecule has 144 valence electrons. The number of nitrogens with one attached hydrogen (secondary N) is 1. The molecule has 0 spiro atoms. The standard InChI is InChI=1S/C20H32N4O2/c1-12-7-24(8-13(2)26-12)19(25)18-15-10-23(11-16(15)18)9-14-6-17(22-21-14)20(3,4)5/h6,12-13,15-16,18H,7-11H2,1-5H3,(H,21,22)/t12-,13+,15-,16+,18?. The van der Waals surface area contributed by atoms with E-state index >= 15 is 0 Å². The Morgan fingerprint density at radius 3 is 2.35 bits per heavy atom. The lowest BCUT2D eigenvalue weighted by molar-refractivity contribution is -0.145. The van der Waals surface area contributed by atoms with Gasteiger partial charge < -0.3 is 9.64 Å². The molecule has 3 heterocycles. The van der Waals surface area contributed by atoms with Crippen LogP contribution in [0.5, 0.6) is 0 Å². The van der Waals surface area contributed by atoms with Gasteiger partial charge in [0.05, 0.1) is 17.9 Å². The van der Waals surface area contributed by atoms with Gasteiger partial charge in [-0.15, -0.1) is 0 Å². The Morgan fingerprint density at radius 2 is 1.81 bits per heavy atom. The lowest BCUT2D eigenvalue weighted by Crippen LogP contribution is -2.49. The maximum Gasteiger partial charge on any atom is 0.226 e. The van der Waals surface area contributed by atoms with E-state index in [9.17, 15) is 4.79 Å². The first-order chi connectivity index (χ1) is 12.2. The molecule has 2 saturated heterocycles. The fraction of sp³-hybridized carbons (Fsp3) is 0.800. The second-order valence-electron chi connectivity index (χ2n) is 9.58. The highest BCUT2D eigenvalue weighted by molar-refractivity contribution is 5.83. The molecule has 1 amide bonds. The van der Waals surface area contributed by atoms with Crippen molar-refractivity contribution in [3.63, 3.8) is 0 Å². The number of hydrogen-bond acceptors (Lipinski definition) is 4. The Kier molecular flexibility index (Phi) is 4.39. The van der Waals surface area contributed by atoms with Crippen molar-refractivity contribution in [2.45, 2.75) is 58.8 Å². The molecular formula is C20H32N4O2. The molecule has 0 radical (unpaired) electrons. The number of likely N-dealkylation sites (tertiary alicyclic amines) is 1. The molecule has 1 aliphatic carbocycles. The zero-order valence-electron chi connectivity index (χ0n) is 16.7. The molecule has 1 N–H and O–H groups in total. The Balaban J connectivity index is 1.30. The smallest absolute Gasteiger partial charge is 0.226 e. The van der Waals surface area contributed by atoms with Crippen molar-refractivity contribution in [3.8, 4) is 0 Å². The highest BCUT2D eigenvalue weighted by Gasteiger charge is 2.60. The summed E-state index contributed by atoms with van der Waals surface area (Å²) in [7, 11) is 0. The van der Waals surface area contributed by atoms with Crippen LogP contribution < -0.4 is 0 Å². The van der Waals surface area contributed by atoms with Crippen LogP contribution >= 0.6 is 0 Å². The summed E-state index contributed by atoms with van der Waals surface area (Å²) in [5.41, 5.74) is 2.36. The van der Waals surface area contributed by atoms with Gasteiger partial charge >= 0.3 is 0 Å². The Hall–Kier alpha value is -1.40. The van der Waals surface area contributed by atoms with Crippen LogP contribution in [0.15, 0.2) is 6.07 Å². The highest BCUT2D eigenvalue weighted by atomic mass is 16.5. The zero-order valence-corrected chi connectivity index (χ0v) is 16.7. The normalized spacial score (nSPS) is 34.8. The van der Waals surface area contributed by atoms with Crippen molar-refractivity contribution in [2.24, 2.45) is 17.8 Å². The predicted octanol–water partition coefficient (Wildman–Crippen LogP) is 2.02. The van der Waals surface area contributed by atoms with Crippen molar-refractivity contribution in [3.05, 3.63) is 17.5 Å². The van der Waals surface area contributed by atoms with Gasteiger partial charge in [-0.25, -0.2) is 0 Å². The molecule has 0 aromatic carbocycles. The summed E-state index contributed by atoms with van der Waals surface area (Å²) in [6, 6.07) is 2.18. The fourth-order valence-electron chi connectivity index (χ4n) is 4.75. The number of nitrogens with zero attached hydrogens (tertiary/aromatic N) is 3. The van der Waals surface area contributed by atoms with E-state index in [1.807, 2.05) is 4.90 Å². The highest BCUT2D eigenvalue weighted by Crippen LogP contribution is 2.53. The number of morpholine rings is 1. The molecule has 6 nitrogen and oxygen atoms in total. The number of carbonyl (C=O) groups excluding carboxylic acids is 1. The van der Waals surface area contributed by atoms with Gasteiger partial charge in [0.15, 0.2) is 0 Å². The first-order valence-corrected chi connectivity index (χ1v) is 9.93. The molecule has 1 saturated carbocycles. The quantitative estimate of drug-likeness (QED) is 0.896. The number of hydrogen-bond donors (Lipinski definition) is 1. The lowest BCUT2D eigenvalue weighted by atomic mass is 9.92. The monoisotopic (exact) mass is 360 g/mol. The van der Waals surface area contributed by atoms with Crippen molar-refractivity contribution in [2.75, 3.05) is 26.2 Å². The molecule has 5 atom stereocenters. The number of H-pyrrole nitrogens is 1. The number of piperidine rings is 1. The van der Waals surface area contributed by atoms with E-state index in [2.05, 4.69) is 55.8 Å². The fourth-order valence-corrected chi connectivity index (χ4v) is 4.75. The van der Waals surface area contributed by atoms with Crippen molar-refractivity contribution >= 4 is 5.91 Å². The van der Waals surface area contributed by atoms with Crippen LogP contribution in [0.25, 0.3) is 0 Å². The molecule has 1 aromatic heterocycles. The van der Waals surface area contributed by atoms with E-state index < -0.39 is 0 Å². The zero-order chi connectivity index (χ0) is 18.6. The Labute approximate surface area is 156 Å². The summed E-state index contributed by atoms with van der Waals surface area (Å²) >= 11 is 0. The van der Waals surface area contributed by atoms with E-state index in [1.54, 1.807) is 0 Å². The van der Waals surface area contributed by atoms with Crippen LogP contribution in [0, 0.1) is 17.8 Å². The maximum atomic E-state index is 12.9. The molecular weight excluding hydrogens is 328 g/mol. The van der Waals surface area contributed by atoms with Gasteiger partial charge in [0.1, 0.15) is 0 Å². The number of carbonyl (C=O) groups is 1. The van der Waals surface area contributed by atoms with E-state index in [4.69, 9.17) is 4.74 Å². The maximum absolute atomic E-state index is 12.9. The molecule has 0 bridgehead atoms. The van der Waals surface area contributed by atoms with Crippen LogP contribution in [-0.4, -0.2) is 64.3 Å². The largest absolute Gasteiger partial charge is 0.372 e. The van der Waals surface area contributed by atoms with Crippen LogP contribution in [-0.2, 0) is 21.5 Å². The van der Waals surface area contributed by atoms with E-state index in [0.29, 0.717) is 17.7 Å². The summed E-state index contributed by atoms with van der Waals surface area (Å²) in [5, 5.41) is 7.64. The first-order valence-electron chi connectivity index (χ1n) is 9.93. The van der Waals surface area contributed by atoms with Crippen LogP contribution in [0.1, 0.15) is 46.0 Å². The van der Waals surface area contributed by atoms with Gasteiger partial charge in [-0.3, -0.25) is 14.8 Å². The molecule has 2 aliphatic heterocycles. The van der Waals surface area contributed by atoms with Crippen molar-refractivity contribution in [1.82, 2.24) is 20.0 Å². The molecule has 3 aliphatic rings. The van der Waals surface area contributed by atoms with Gasteiger partial charge in [0, 0.05) is 49.8 Å². The molecule has 1 aromatic rings. The minimum Gasteiger partial charge on any atom is -0.372 e. The summed E-state index contributed by atoms with van der Waals surface area (Å²) in [6.07, 6.45) is 0.297. The minimum absolute atomic E-state index is 0.0752. The molecule has 4 rings (SSSR count). The summed E-state index contributed by atoms with van der Waals surface area (Å²) in [6.45, 7) is 15.1. The Morgan fingerprint density at radius 1 is 1.19 bits per heavy atom. The molecule has 26 heavy (non-hydrogen) atoms. The number of fused-ring (bicyclic) bond motifs is 1. The minimum atomic E-state index is 0.0752. The molecule has 1 unspecified atom stereocenters. The third-order valence-corrected chi connectivity index (χ3v) is 6.08. The van der Waals surface area contributed by atoms with Crippen LogP contribution in [0.4, 0.5) is 0 Å². The SMILES string of the molecule is C[C@@H]1CN(C(=O)C2[C@H]3CN(Cc4cc(C(C)(C)C)n[nH]4)C[C@@H]23)C[C@H](C)O1. The average Bonchev–Trinajstić information content (AvgIpc) is 2.89. The molecule has 3 fully saturated rings. The van der Waals surface area contributed by atoms with Gasteiger partial charge in [-0.1, -0.05) is 20.8 Å². The predicted molar refractivity (Wildman–Crippen MR) is 99.6 cm³/mol. The lowest BCUT2D eigenvalue weighted by Gasteiger charge is -2.36. The molecule has 6 heteroatoms. The first kappa shape index (κ1) is 18.0. The number of aromatic nitrogens is 2. The van der Waals surface area contributed by atoms with Gasteiger partial charge in [-0.2, -0.15) is 5.10 Å². The summed E-state index contributed by atoms with van der Waals surface area (Å²) < 4.78 is 5.76. The van der Waals surface area contributed by atoms with Crippen molar-refractivity contribution < 1.29 is 9.53 Å². The Bertz CT molecular complexity index is 658. The third-order valence-electron chi connectivity index (χ3n) is 6.08. The second-order valence-corrected chi connectivity index (χ2v) is 9.58. The van der Waals surface area contributed by atoms with Crippen LogP contribution in [0.3, 0.4) is 0 Å². The van der Waals surface area contributed by atoms with E-state index in [-0.39, 0.29) is 23.5 Å².